The smallest absolute Gasteiger partial charge is 0.306 e. The molecule has 1 aromatic heterocycles. The Morgan fingerprint density at radius 2 is 1.91 bits per heavy atom. The van der Waals surface area contributed by atoms with Gasteiger partial charge >= 0.3 is 5.97 Å². The van der Waals surface area contributed by atoms with E-state index in [1.807, 2.05) is 41.9 Å². The monoisotopic (exact) mass is 457 g/mol. The molecule has 0 spiro atoms. The van der Waals surface area contributed by atoms with Crippen LogP contribution in [0.5, 0.6) is 0 Å². The van der Waals surface area contributed by atoms with Crippen molar-refractivity contribution in [1.82, 2.24) is 9.55 Å². The molecule has 0 atom stereocenters. The highest BCUT2D eigenvalue weighted by Gasteiger charge is 2.15. The molecule has 9 nitrogen and oxygen atoms in total. The van der Waals surface area contributed by atoms with Crippen molar-refractivity contribution in [3.8, 4) is 0 Å². The molecule has 0 radical (unpaired) electrons. The second-order valence-electron chi connectivity index (χ2n) is 7.38. The summed E-state index contributed by atoms with van der Waals surface area (Å²) >= 11 is 0. The molecule has 0 saturated heterocycles. The topological polar surface area (TPSA) is 140 Å². The molecule has 170 valence electrons. The molecule has 3 rings (SSSR count). The largest absolute Gasteiger partial charge is 0.466 e. The average molecular weight is 458 g/mol. The zero-order valence-corrected chi connectivity index (χ0v) is 18.9. The lowest BCUT2D eigenvalue weighted by atomic mass is 10.1. The van der Waals surface area contributed by atoms with Crippen LogP contribution in [0.15, 0.2) is 42.5 Å². The van der Waals surface area contributed by atoms with Gasteiger partial charge in [-0.15, -0.1) is 0 Å². The third kappa shape index (κ3) is 5.85. The average Bonchev–Trinajstić information content (AvgIpc) is 3.06. The summed E-state index contributed by atoms with van der Waals surface area (Å²) in [6.45, 7) is 1.89. The number of nitrogen functional groups attached to an aromatic ring is 1. The van der Waals surface area contributed by atoms with E-state index in [1.54, 1.807) is 19.1 Å². The number of hydrogen-bond donors (Lipinski definition) is 3. The van der Waals surface area contributed by atoms with Crippen molar-refractivity contribution in [3.05, 3.63) is 59.4 Å². The van der Waals surface area contributed by atoms with Gasteiger partial charge < -0.3 is 15.0 Å². The molecule has 1 heterocycles. The second-order valence-corrected chi connectivity index (χ2v) is 9.22. The van der Waals surface area contributed by atoms with Crippen LogP contribution in [0.3, 0.4) is 0 Å². The van der Waals surface area contributed by atoms with E-state index < -0.39 is 16.0 Å². The summed E-state index contributed by atoms with van der Waals surface area (Å²) < 4.78 is 33.8. The molecule has 0 fully saturated rings. The van der Waals surface area contributed by atoms with E-state index in [0.29, 0.717) is 23.2 Å². The third-order valence-electron chi connectivity index (χ3n) is 5.03. The Balaban J connectivity index is 1.69. The number of nitrogens with one attached hydrogen (secondary N) is 2. The fourth-order valence-corrected chi connectivity index (χ4v) is 4.35. The predicted octanol–water partition coefficient (Wildman–Crippen LogP) is 2.34. The molecule has 0 amide bonds. The van der Waals surface area contributed by atoms with Gasteiger partial charge in [0, 0.05) is 19.0 Å². The number of hydrogen-bond acceptors (Lipinski definition) is 6. The van der Waals surface area contributed by atoms with Crippen molar-refractivity contribution in [2.75, 3.05) is 17.1 Å². The highest BCUT2D eigenvalue weighted by molar-refractivity contribution is 7.92. The quantitative estimate of drug-likeness (QED) is 0.242. The van der Waals surface area contributed by atoms with E-state index in [9.17, 15) is 13.2 Å². The number of aryl methyl sites for hydroxylation is 3. The van der Waals surface area contributed by atoms with Gasteiger partial charge in [-0.05, 0) is 37.1 Å². The van der Waals surface area contributed by atoms with Crippen molar-refractivity contribution in [1.29, 1.82) is 5.41 Å². The van der Waals surface area contributed by atoms with Crippen LogP contribution in [-0.4, -0.2) is 42.1 Å². The van der Waals surface area contributed by atoms with Gasteiger partial charge in [-0.2, -0.15) is 0 Å². The molecule has 0 aliphatic heterocycles. The van der Waals surface area contributed by atoms with E-state index in [2.05, 4.69) is 9.71 Å². The van der Waals surface area contributed by atoms with Crippen LogP contribution in [0.1, 0.15) is 30.3 Å². The van der Waals surface area contributed by atoms with Crippen molar-refractivity contribution < 1.29 is 17.9 Å². The normalized spacial score (nSPS) is 11.4. The number of imidazole rings is 1. The summed E-state index contributed by atoms with van der Waals surface area (Å²) in [6, 6.07) is 12.7. The van der Waals surface area contributed by atoms with Gasteiger partial charge in [0.2, 0.25) is 10.0 Å². The van der Waals surface area contributed by atoms with Gasteiger partial charge in [0.25, 0.3) is 0 Å². The molecule has 10 heteroatoms. The molecule has 0 unspecified atom stereocenters. The zero-order valence-electron chi connectivity index (χ0n) is 18.1. The van der Waals surface area contributed by atoms with E-state index in [0.717, 1.165) is 23.3 Å². The summed E-state index contributed by atoms with van der Waals surface area (Å²) in [5.41, 5.74) is 9.25. The fourth-order valence-electron chi connectivity index (χ4n) is 3.33. The molecule has 0 aliphatic carbocycles. The number of fused-ring (bicyclic) bond motifs is 1. The molecule has 3 aromatic rings. The van der Waals surface area contributed by atoms with E-state index in [4.69, 9.17) is 15.9 Å². The number of carbonyl (C=O) groups excluding carboxylic acids is 1. The van der Waals surface area contributed by atoms with Crippen LogP contribution in [0.4, 0.5) is 5.69 Å². The number of esters is 1. The maximum Gasteiger partial charge on any atom is 0.306 e. The number of benzene rings is 2. The molecule has 4 N–H and O–H groups in total. The highest BCUT2D eigenvalue weighted by Crippen LogP contribution is 2.21. The molecule has 0 saturated carbocycles. The Bertz CT molecular complexity index is 1230. The summed E-state index contributed by atoms with van der Waals surface area (Å²) in [6.07, 6.45) is 1.26. The van der Waals surface area contributed by atoms with Gasteiger partial charge in [-0.1, -0.05) is 24.3 Å². The first kappa shape index (κ1) is 23.3. The number of carbonyl (C=O) groups is 1. The van der Waals surface area contributed by atoms with Crippen LogP contribution in [-0.2, 0) is 39.4 Å². The Morgan fingerprint density at radius 3 is 2.56 bits per heavy atom. The lowest BCUT2D eigenvalue weighted by Gasteiger charge is -2.08. The lowest BCUT2D eigenvalue weighted by Crippen LogP contribution is -2.19. The number of rotatable bonds is 10. The Hall–Kier alpha value is -3.40. The maximum atomic E-state index is 12.3. The highest BCUT2D eigenvalue weighted by atomic mass is 32.2. The molecule has 0 aliphatic rings. The number of nitrogens with zero attached hydrogens (tertiary/aromatic N) is 2. The van der Waals surface area contributed by atoms with Crippen LogP contribution in [0.25, 0.3) is 11.0 Å². The molecule has 0 bridgehead atoms. The minimum Gasteiger partial charge on any atom is -0.466 e. The van der Waals surface area contributed by atoms with Gasteiger partial charge in [-0.3, -0.25) is 14.9 Å². The first-order chi connectivity index (χ1) is 15.2. The fraction of sp³-hybridized carbons (Fsp3) is 0.318. The number of amidine groups is 1. The van der Waals surface area contributed by atoms with E-state index in [-0.39, 0.29) is 24.6 Å². The SMILES string of the molecule is CCOC(=O)CCS(=O)(=O)Nc1ccc2c(c1)nc(CCc1ccc(C(=N)N)cc1)n2C. The second kappa shape index (κ2) is 9.82. The Kier molecular flexibility index (Phi) is 7.14. The third-order valence-corrected chi connectivity index (χ3v) is 6.32. The first-order valence-electron chi connectivity index (χ1n) is 10.2. The van der Waals surface area contributed by atoms with Crippen molar-refractivity contribution in [2.45, 2.75) is 26.2 Å². The maximum absolute atomic E-state index is 12.3. The van der Waals surface area contributed by atoms with Gasteiger partial charge in [0.05, 0.1) is 35.5 Å². The Labute approximate surface area is 187 Å². The number of nitrogens with two attached hydrogens (primary N) is 1. The van der Waals surface area contributed by atoms with Gasteiger partial charge in [0.15, 0.2) is 0 Å². The summed E-state index contributed by atoms with van der Waals surface area (Å²) in [5, 5.41) is 7.46. The number of anilines is 1. The zero-order chi connectivity index (χ0) is 23.3. The van der Waals surface area contributed by atoms with Crippen molar-refractivity contribution in [2.24, 2.45) is 12.8 Å². The van der Waals surface area contributed by atoms with Crippen LogP contribution < -0.4 is 10.5 Å². The Morgan fingerprint density at radius 1 is 1.19 bits per heavy atom. The van der Waals surface area contributed by atoms with Crippen LogP contribution >= 0.6 is 0 Å². The van der Waals surface area contributed by atoms with Crippen LogP contribution in [0.2, 0.25) is 0 Å². The van der Waals surface area contributed by atoms with Gasteiger partial charge in [-0.25, -0.2) is 13.4 Å². The lowest BCUT2D eigenvalue weighted by molar-refractivity contribution is -0.142. The first-order valence-corrected chi connectivity index (χ1v) is 11.9. The molecular weight excluding hydrogens is 430 g/mol. The summed E-state index contributed by atoms with van der Waals surface area (Å²) in [7, 11) is -1.76. The minimum atomic E-state index is -3.69. The van der Waals surface area contributed by atoms with E-state index in [1.165, 1.54) is 0 Å². The number of aromatic nitrogens is 2. The molecule has 32 heavy (non-hydrogen) atoms. The molecular formula is C22H27N5O4S. The van der Waals surface area contributed by atoms with Crippen molar-refractivity contribution in [3.63, 3.8) is 0 Å². The van der Waals surface area contributed by atoms with Gasteiger partial charge in [0.1, 0.15) is 11.7 Å². The summed E-state index contributed by atoms with van der Waals surface area (Å²) in [4.78, 5) is 16.1. The minimum absolute atomic E-state index is 0.0409. The number of ether oxygens (including phenoxy) is 1. The predicted molar refractivity (Wildman–Crippen MR) is 124 cm³/mol. The molecule has 2 aromatic carbocycles. The standard InChI is InChI=1S/C22H27N5O4S/c1-3-31-21(28)12-13-32(29,30)26-17-9-10-19-18(14-17)25-20(27(19)2)11-6-15-4-7-16(8-5-15)22(23)24/h4-5,7-10,14,26H,3,6,11-13H2,1-2H3,(H3,23,24). The van der Waals surface area contributed by atoms with E-state index >= 15 is 0 Å². The van der Waals surface area contributed by atoms with Crippen LogP contribution in [0, 0.1) is 5.41 Å². The summed E-state index contributed by atoms with van der Waals surface area (Å²) in [5.74, 6) is 0.0237. The van der Waals surface area contributed by atoms with Crippen molar-refractivity contribution >= 4 is 38.5 Å². The number of sulfonamides is 1.